The van der Waals surface area contributed by atoms with Crippen LogP contribution in [0.15, 0.2) is 52.7 Å². The number of nitro benzene ring substituents is 1. The molecule has 0 amide bonds. The zero-order valence-corrected chi connectivity index (χ0v) is 18.1. The lowest BCUT2D eigenvalue weighted by Gasteiger charge is -2.36. The molecular formula is C22H28ClN5O2. The summed E-state index contributed by atoms with van der Waals surface area (Å²) in [6.45, 7) is 7.57. The Morgan fingerprint density at radius 1 is 1.00 bits per heavy atom. The van der Waals surface area contributed by atoms with E-state index < -0.39 is 4.92 Å². The van der Waals surface area contributed by atoms with Crippen molar-refractivity contribution < 1.29 is 4.92 Å². The Hall–Kier alpha value is -2.51. The molecule has 0 radical (unpaired) electrons. The molecule has 160 valence electrons. The Morgan fingerprint density at radius 3 is 2.37 bits per heavy atom. The molecule has 0 bridgehead atoms. The quantitative estimate of drug-likeness (QED) is 0.201. The van der Waals surface area contributed by atoms with Gasteiger partial charge in [-0.05, 0) is 43.3 Å². The predicted octanol–water partition coefficient (Wildman–Crippen LogP) is 6.37. The van der Waals surface area contributed by atoms with Crippen molar-refractivity contribution >= 4 is 34.4 Å². The van der Waals surface area contributed by atoms with Crippen LogP contribution in [0.5, 0.6) is 0 Å². The van der Waals surface area contributed by atoms with Crippen LogP contribution in [0.3, 0.4) is 0 Å². The molecular weight excluding hydrogens is 402 g/mol. The molecule has 1 saturated heterocycles. The van der Waals surface area contributed by atoms with Gasteiger partial charge in [-0.25, -0.2) is 0 Å². The maximum atomic E-state index is 10.7. The van der Waals surface area contributed by atoms with E-state index in [2.05, 4.69) is 27.0 Å². The maximum Gasteiger partial charge on any atom is 0.269 e. The molecule has 2 aromatic rings. The van der Waals surface area contributed by atoms with Crippen LogP contribution >= 0.6 is 11.6 Å². The molecule has 0 N–H and O–H groups in total. The van der Waals surface area contributed by atoms with E-state index in [9.17, 15) is 10.1 Å². The number of nitrogens with zero attached hydrogens (tertiary/aromatic N) is 5. The Kier molecular flexibility index (Phi) is 8.16. The highest BCUT2D eigenvalue weighted by atomic mass is 35.5. The van der Waals surface area contributed by atoms with Crippen molar-refractivity contribution in [1.29, 1.82) is 0 Å². The van der Waals surface area contributed by atoms with Crippen LogP contribution in [-0.4, -0.2) is 42.5 Å². The molecule has 3 rings (SSSR count). The van der Waals surface area contributed by atoms with Gasteiger partial charge in [0.25, 0.3) is 5.69 Å². The highest BCUT2D eigenvalue weighted by Crippen LogP contribution is 2.31. The van der Waals surface area contributed by atoms with Crippen LogP contribution in [0.25, 0.3) is 0 Å². The van der Waals surface area contributed by atoms with Gasteiger partial charge >= 0.3 is 0 Å². The lowest BCUT2D eigenvalue weighted by molar-refractivity contribution is -0.384. The average molecular weight is 430 g/mol. The number of anilines is 1. The number of benzene rings is 2. The van der Waals surface area contributed by atoms with E-state index in [0.29, 0.717) is 16.4 Å². The largest absolute Gasteiger partial charge is 0.369 e. The molecule has 0 unspecified atom stereocenters. The van der Waals surface area contributed by atoms with Crippen LogP contribution < -0.4 is 4.90 Å². The van der Waals surface area contributed by atoms with E-state index in [1.807, 2.05) is 18.2 Å². The SMILES string of the molecule is CCCCCCN1CCN(c2ccc(N=Nc3ccc([N+](=O)[O-])cc3)c(Cl)c2)CC1. The minimum atomic E-state index is -0.442. The summed E-state index contributed by atoms with van der Waals surface area (Å²) in [5, 5.41) is 19.6. The van der Waals surface area contributed by atoms with Gasteiger partial charge in [0.1, 0.15) is 5.69 Å². The Morgan fingerprint density at radius 2 is 1.73 bits per heavy atom. The summed E-state index contributed by atoms with van der Waals surface area (Å²) in [6.07, 6.45) is 5.21. The first-order valence-corrected chi connectivity index (χ1v) is 10.9. The smallest absolute Gasteiger partial charge is 0.269 e. The summed E-state index contributed by atoms with van der Waals surface area (Å²) in [4.78, 5) is 15.2. The number of rotatable bonds is 9. The molecule has 0 spiro atoms. The highest BCUT2D eigenvalue weighted by Gasteiger charge is 2.17. The van der Waals surface area contributed by atoms with E-state index in [1.54, 1.807) is 12.1 Å². The minimum absolute atomic E-state index is 0.0254. The fourth-order valence-corrected chi connectivity index (χ4v) is 3.73. The van der Waals surface area contributed by atoms with Crippen molar-refractivity contribution in [2.24, 2.45) is 10.2 Å². The van der Waals surface area contributed by atoms with Crippen LogP contribution in [0.1, 0.15) is 32.6 Å². The standard InChI is InChI=1S/C22H28ClN5O2/c1-2-3-4-5-12-26-13-15-27(16-14-26)20-10-11-22(21(23)17-20)25-24-18-6-8-19(9-7-18)28(29)30/h6-11,17H,2-5,12-16H2,1H3. The first-order valence-electron chi connectivity index (χ1n) is 10.5. The molecule has 8 heteroatoms. The van der Waals surface area contributed by atoms with Crippen molar-refractivity contribution in [1.82, 2.24) is 4.90 Å². The van der Waals surface area contributed by atoms with Gasteiger partial charge < -0.3 is 4.90 Å². The van der Waals surface area contributed by atoms with Gasteiger partial charge in [-0.15, -0.1) is 5.11 Å². The van der Waals surface area contributed by atoms with Crippen molar-refractivity contribution in [3.05, 3.63) is 57.6 Å². The number of nitro groups is 1. The Bertz CT molecular complexity index is 864. The lowest BCUT2D eigenvalue weighted by atomic mass is 10.2. The van der Waals surface area contributed by atoms with Crippen LogP contribution in [-0.2, 0) is 0 Å². The number of piperazine rings is 1. The second-order valence-electron chi connectivity index (χ2n) is 7.50. The van der Waals surface area contributed by atoms with Gasteiger partial charge in [-0.1, -0.05) is 37.8 Å². The second-order valence-corrected chi connectivity index (χ2v) is 7.91. The monoisotopic (exact) mass is 429 g/mol. The van der Waals surface area contributed by atoms with Gasteiger partial charge in [-0.3, -0.25) is 15.0 Å². The van der Waals surface area contributed by atoms with Gasteiger partial charge in [0, 0.05) is 44.0 Å². The number of hydrogen-bond donors (Lipinski definition) is 0. The highest BCUT2D eigenvalue weighted by molar-refractivity contribution is 6.33. The van der Waals surface area contributed by atoms with Crippen molar-refractivity contribution in [3.63, 3.8) is 0 Å². The van der Waals surface area contributed by atoms with Gasteiger partial charge in [0.15, 0.2) is 0 Å². The third kappa shape index (κ3) is 6.24. The molecule has 1 aliphatic heterocycles. The molecule has 0 aromatic heterocycles. The summed E-state index contributed by atoms with van der Waals surface area (Å²) in [7, 11) is 0. The molecule has 30 heavy (non-hydrogen) atoms. The number of halogens is 1. The summed E-state index contributed by atoms with van der Waals surface area (Å²) in [5.74, 6) is 0. The van der Waals surface area contributed by atoms with Crippen LogP contribution in [0.2, 0.25) is 5.02 Å². The van der Waals surface area contributed by atoms with E-state index in [0.717, 1.165) is 31.9 Å². The molecule has 7 nitrogen and oxygen atoms in total. The number of azo groups is 1. The van der Waals surface area contributed by atoms with Gasteiger partial charge in [0.2, 0.25) is 0 Å². The van der Waals surface area contributed by atoms with Gasteiger partial charge in [-0.2, -0.15) is 5.11 Å². The zero-order valence-electron chi connectivity index (χ0n) is 17.3. The molecule has 1 heterocycles. The van der Waals surface area contributed by atoms with Crippen LogP contribution in [0.4, 0.5) is 22.7 Å². The van der Waals surface area contributed by atoms with E-state index in [1.165, 1.54) is 44.4 Å². The lowest BCUT2D eigenvalue weighted by Crippen LogP contribution is -2.46. The number of unbranched alkanes of at least 4 members (excludes halogenated alkanes) is 3. The van der Waals surface area contributed by atoms with E-state index in [-0.39, 0.29) is 5.69 Å². The summed E-state index contributed by atoms with van der Waals surface area (Å²) >= 11 is 6.43. The maximum absolute atomic E-state index is 10.7. The van der Waals surface area contributed by atoms with E-state index in [4.69, 9.17) is 11.6 Å². The predicted molar refractivity (Wildman–Crippen MR) is 122 cm³/mol. The summed E-state index contributed by atoms with van der Waals surface area (Å²) in [5.41, 5.74) is 2.24. The Balaban J connectivity index is 1.54. The molecule has 1 aliphatic rings. The zero-order chi connectivity index (χ0) is 21.3. The minimum Gasteiger partial charge on any atom is -0.369 e. The third-order valence-electron chi connectivity index (χ3n) is 5.33. The number of non-ortho nitro benzene ring substituents is 1. The molecule has 0 saturated carbocycles. The Labute approximate surface area is 182 Å². The fourth-order valence-electron chi connectivity index (χ4n) is 3.52. The first-order chi connectivity index (χ1) is 14.6. The molecule has 1 fully saturated rings. The van der Waals surface area contributed by atoms with Crippen molar-refractivity contribution in [2.75, 3.05) is 37.6 Å². The normalized spacial score (nSPS) is 15.1. The summed E-state index contributed by atoms with van der Waals surface area (Å²) in [6, 6.07) is 11.8. The number of hydrogen-bond acceptors (Lipinski definition) is 6. The van der Waals surface area contributed by atoms with E-state index >= 15 is 0 Å². The summed E-state index contributed by atoms with van der Waals surface area (Å²) < 4.78 is 0. The van der Waals surface area contributed by atoms with Crippen molar-refractivity contribution in [2.45, 2.75) is 32.6 Å². The first kappa shape index (κ1) is 22.2. The van der Waals surface area contributed by atoms with Crippen molar-refractivity contribution in [3.8, 4) is 0 Å². The van der Waals surface area contributed by atoms with Crippen LogP contribution in [0, 0.1) is 10.1 Å². The average Bonchev–Trinajstić information content (AvgIpc) is 2.76. The molecule has 0 aliphatic carbocycles. The second kappa shape index (κ2) is 11.0. The third-order valence-corrected chi connectivity index (χ3v) is 5.63. The van der Waals surface area contributed by atoms with Gasteiger partial charge in [0.05, 0.1) is 15.6 Å². The topological polar surface area (TPSA) is 74.3 Å². The molecule has 0 atom stereocenters. The fraction of sp³-hybridized carbons (Fsp3) is 0.455. The molecule has 2 aromatic carbocycles.